The van der Waals surface area contributed by atoms with Gasteiger partial charge >= 0.3 is 0 Å². The molecule has 1 heterocycles. The summed E-state index contributed by atoms with van der Waals surface area (Å²) >= 11 is 0. The van der Waals surface area contributed by atoms with Gasteiger partial charge in [-0.3, -0.25) is 0 Å². The van der Waals surface area contributed by atoms with Gasteiger partial charge in [-0.2, -0.15) is 0 Å². The topological polar surface area (TPSA) is 110 Å². The molecule has 0 aromatic heterocycles. The molecule has 2 unspecified atom stereocenters. The van der Waals surface area contributed by atoms with Gasteiger partial charge in [0.15, 0.2) is 0 Å². The molecule has 0 bridgehead atoms. The summed E-state index contributed by atoms with van der Waals surface area (Å²) in [6.45, 7) is 1.88. The zero-order valence-corrected chi connectivity index (χ0v) is 12.1. The van der Waals surface area contributed by atoms with Crippen LogP contribution in [-0.4, -0.2) is 64.6 Å². The third kappa shape index (κ3) is 4.81. The highest BCUT2D eigenvalue weighted by molar-refractivity contribution is 7.93. The summed E-state index contributed by atoms with van der Waals surface area (Å²) in [4.78, 5) is 0. The molecule has 0 saturated carbocycles. The summed E-state index contributed by atoms with van der Waals surface area (Å²) in [6, 6.07) is 0. The van der Waals surface area contributed by atoms with Crippen LogP contribution < -0.4 is 4.72 Å². The number of sulfone groups is 1. The molecule has 9 heteroatoms. The Bertz CT molecular complexity index is 485. The molecule has 7 nitrogen and oxygen atoms in total. The minimum atomic E-state index is -3.71. The average Bonchev–Trinajstić information content (AvgIpc) is 2.54. The highest BCUT2D eigenvalue weighted by atomic mass is 32.2. The molecule has 2 N–H and O–H groups in total. The van der Waals surface area contributed by atoms with E-state index in [0.717, 1.165) is 6.26 Å². The summed E-state index contributed by atoms with van der Waals surface area (Å²) in [5.74, 6) is -0.941. The Morgan fingerprint density at radius 2 is 1.94 bits per heavy atom. The van der Waals surface area contributed by atoms with Gasteiger partial charge < -0.3 is 9.84 Å². The van der Waals surface area contributed by atoms with Crippen molar-refractivity contribution in [1.82, 2.24) is 4.72 Å². The normalized spacial score (nSPS) is 29.6. The number of ether oxygens (including phenoxy) is 1. The van der Waals surface area contributed by atoms with Crippen molar-refractivity contribution in [3.63, 3.8) is 0 Å². The van der Waals surface area contributed by atoms with Crippen LogP contribution in [0.4, 0.5) is 0 Å². The smallest absolute Gasteiger partial charge is 0.212 e. The van der Waals surface area contributed by atoms with Crippen LogP contribution in [0.25, 0.3) is 0 Å². The van der Waals surface area contributed by atoms with Gasteiger partial charge in [0, 0.05) is 25.8 Å². The Balaban J connectivity index is 2.52. The van der Waals surface area contributed by atoms with Crippen LogP contribution in [0.15, 0.2) is 0 Å². The second kappa shape index (κ2) is 5.41. The van der Waals surface area contributed by atoms with Crippen molar-refractivity contribution in [3.05, 3.63) is 0 Å². The van der Waals surface area contributed by atoms with Gasteiger partial charge in [0.25, 0.3) is 0 Å². The lowest BCUT2D eigenvalue weighted by atomic mass is 9.97. The van der Waals surface area contributed by atoms with Crippen molar-refractivity contribution in [3.8, 4) is 0 Å². The SMILES string of the molecule is CC1OCCC1(O)CNS(=O)(=O)CCS(C)(=O)=O. The van der Waals surface area contributed by atoms with Crippen LogP contribution in [0.5, 0.6) is 0 Å². The van der Waals surface area contributed by atoms with E-state index in [4.69, 9.17) is 4.74 Å². The number of rotatable bonds is 6. The maximum atomic E-state index is 11.6. The summed E-state index contributed by atoms with van der Waals surface area (Å²) in [5.41, 5.74) is -1.22. The molecule has 0 aromatic rings. The number of nitrogens with one attached hydrogen (secondary N) is 1. The zero-order valence-electron chi connectivity index (χ0n) is 10.4. The fourth-order valence-corrected chi connectivity index (χ4v) is 4.27. The Hall–Kier alpha value is -0.220. The molecule has 1 fully saturated rings. The lowest BCUT2D eigenvalue weighted by molar-refractivity contribution is -0.0228. The summed E-state index contributed by atoms with van der Waals surface area (Å²) < 4.78 is 52.3. The van der Waals surface area contributed by atoms with E-state index in [1.54, 1.807) is 6.92 Å². The summed E-state index contributed by atoms with van der Waals surface area (Å²) in [6.07, 6.45) is 0.876. The standard InChI is InChI=1S/C9H19NO6S2/c1-8-9(11,3-4-16-8)7-10-18(14,15)6-5-17(2,12)13/h8,10-11H,3-7H2,1-2H3. The lowest BCUT2D eigenvalue weighted by Gasteiger charge is -2.25. The number of sulfonamides is 1. The molecule has 1 rings (SSSR count). The number of hydrogen-bond acceptors (Lipinski definition) is 6. The fourth-order valence-electron chi connectivity index (χ4n) is 1.57. The first-order valence-electron chi connectivity index (χ1n) is 5.53. The molecule has 108 valence electrons. The number of aliphatic hydroxyl groups is 1. The van der Waals surface area contributed by atoms with Crippen molar-refractivity contribution >= 4 is 19.9 Å². The van der Waals surface area contributed by atoms with E-state index >= 15 is 0 Å². The van der Waals surface area contributed by atoms with Gasteiger partial charge in [-0.15, -0.1) is 0 Å². The molecule has 2 atom stereocenters. The zero-order chi connectivity index (χ0) is 14.0. The largest absolute Gasteiger partial charge is 0.386 e. The minimum Gasteiger partial charge on any atom is -0.386 e. The fraction of sp³-hybridized carbons (Fsp3) is 1.00. The third-order valence-electron chi connectivity index (χ3n) is 2.98. The Morgan fingerprint density at radius 1 is 1.33 bits per heavy atom. The Kier molecular flexibility index (Phi) is 4.76. The first-order valence-corrected chi connectivity index (χ1v) is 9.24. The van der Waals surface area contributed by atoms with Gasteiger partial charge in [-0.1, -0.05) is 0 Å². The van der Waals surface area contributed by atoms with Crippen LogP contribution in [0.3, 0.4) is 0 Å². The average molecular weight is 301 g/mol. The van der Waals surface area contributed by atoms with E-state index in [-0.39, 0.29) is 6.54 Å². The summed E-state index contributed by atoms with van der Waals surface area (Å²) in [7, 11) is -7.04. The molecule has 18 heavy (non-hydrogen) atoms. The van der Waals surface area contributed by atoms with Crippen LogP contribution in [-0.2, 0) is 24.6 Å². The van der Waals surface area contributed by atoms with Crippen molar-refractivity contribution in [1.29, 1.82) is 0 Å². The molecule has 0 amide bonds. The molecular weight excluding hydrogens is 282 g/mol. The van der Waals surface area contributed by atoms with E-state index in [9.17, 15) is 21.9 Å². The third-order valence-corrected chi connectivity index (χ3v) is 5.51. The minimum absolute atomic E-state index is 0.166. The lowest BCUT2D eigenvalue weighted by Crippen LogP contribution is -2.48. The van der Waals surface area contributed by atoms with Gasteiger partial charge in [0.1, 0.15) is 15.4 Å². The van der Waals surface area contributed by atoms with Crippen LogP contribution in [0.1, 0.15) is 13.3 Å². The maximum absolute atomic E-state index is 11.6. The van der Waals surface area contributed by atoms with Gasteiger partial charge in [0.2, 0.25) is 10.0 Å². The predicted octanol–water partition coefficient (Wildman–Crippen LogP) is -1.51. The predicted molar refractivity (Wildman–Crippen MR) is 66.5 cm³/mol. The van der Waals surface area contributed by atoms with Crippen molar-refractivity contribution < 1.29 is 26.7 Å². The van der Waals surface area contributed by atoms with Crippen molar-refractivity contribution in [2.24, 2.45) is 0 Å². The quantitative estimate of drug-likeness (QED) is 0.617. The maximum Gasteiger partial charge on any atom is 0.212 e. The van der Waals surface area contributed by atoms with E-state index in [1.807, 2.05) is 0 Å². The molecule has 0 radical (unpaired) electrons. The molecule has 1 aliphatic rings. The molecular formula is C9H19NO6S2. The molecule has 1 aliphatic heterocycles. The van der Waals surface area contributed by atoms with Crippen molar-refractivity contribution in [2.45, 2.75) is 25.0 Å². The van der Waals surface area contributed by atoms with E-state index in [1.165, 1.54) is 0 Å². The van der Waals surface area contributed by atoms with Gasteiger partial charge in [-0.25, -0.2) is 21.6 Å². The summed E-state index contributed by atoms with van der Waals surface area (Å²) in [5, 5.41) is 10.1. The first kappa shape index (κ1) is 15.8. The molecule has 0 aliphatic carbocycles. The second-order valence-corrected chi connectivity index (χ2v) is 8.82. The van der Waals surface area contributed by atoms with Crippen LogP contribution in [0, 0.1) is 0 Å². The van der Waals surface area contributed by atoms with Gasteiger partial charge in [0.05, 0.1) is 17.6 Å². The highest BCUT2D eigenvalue weighted by Gasteiger charge is 2.40. The Morgan fingerprint density at radius 3 is 2.39 bits per heavy atom. The second-order valence-electron chi connectivity index (χ2n) is 4.64. The molecule has 0 spiro atoms. The van der Waals surface area contributed by atoms with Gasteiger partial charge in [-0.05, 0) is 6.92 Å². The molecule has 0 aromatic carbocycles. The highest BCUT2D eigenvalue weighted by Crippen LogP contribution is 2.24. The van der Waals surface area contributed by atoms with Crippen LogP contribution >= 0.6 is 0 Å². The molecule has 1 saturated heterocycles. The first-order chi connectivity index (χ1) is 8.04. The van der Waals surface area contributed by atoms with E-state index in [0.29, 0.717) is 13.0 Å². The van der Waals surface area contributed by atoms with E-state index < -0.39 is 43.1 Å². The van der Waals surface area contributed by atoms with Crippen LogP contribution in [0.2, 0.25) is 0 Å². The van der Waals surface area contributed by atoms with E-state index in [2.05, 4.69) is 4.72 Å². The number of hydrogen-bond donors (Lipinski definition) is 2. The Labute approximate surface area is 107 Å². The van der Waals surface area contributed by atoms with Crippen molar-refractivity contribution in [2.75, 3.05) is 30.9 Å². The monoisotopic (exact) mass is 301 g/mol.